The van der Waals surface area contributed by atoms with Crippen LogP contribution in [0.25, 0.3) is 0 Å². The summed E-state index contributed by atoms with van der Waals surface area (Å²) in [6.45, 7) is 5.72. The Hall–Kier alpha value is -0.120. The van der Waals surface area contributed by atoms with E-state index in [1.165, 1.54) is 19.3 Å². The number of hydrogen-bond donors (Lipinski definition) is 2. The molecule has 2 fully saturated rings. The lowest BCUT2D eigenvalue weighted by Crippen LogP contribution is -2.52. The molecule has 0 amide bonds. The summed E-state index contributed by atoms with van der Waals surface area (Å²) in [6.07, 6.45) is 5.79. The van der Waals surface area contributed by atoms with Crippen LogP contribution in [0.1, 0.15) is 46.0 Å². The summed E-state index contributed by atoms with van der Waals surface area (Å²) in [5.41, 5.74) is 0.207. The third kappa shape index (κ3) is 2.76. The van der Waals surface area contributed by atoms with Gasteiger partial charge in [-0.3, -0.25) is 0 Å². The lowest BCUT2D eigenvalue weighted by atomic mass is 9.74. The van der Waals surface area contributed by atoms with E-state index in [1.54, 1.807) is 0 Å². The van der Waals surface area contributed by atoms with Gasteiger partial charge in [-0.15, -0.1) is 0 Å². The van der Waals surface area contributed by atoms with Gasteiger partial charge >= 0.3 is 0 Å². The van der Waals surface area contributed by atoms with Crippen molar-refractivity contribution in [3.63, 3.8) is 0 Å². The summed E-state index contributed by atoms with van der Waals surface area (Å²) in [4.78, 5) is 0. The van der Waals surface area contributed by atoms with Gasteiger partial charge in [0.1, 0.15) is 0 Å². The molecule has 0 bridgehead atoms. The molecule has 2 atom stereocenters. The van der Waals surface area contributed by atoms with Crippen LogP contribution in [-0.4, -0.2) is 36.0 Å². The van der Waals surface area contributed by atoms with Crippen LogP contribution < -0.4 is 5.32 Å². The molecule has 1 spiro atoms. The summed E-state index contributed by atoms with van der Waals surface area (Å²) in [6, 6.07) is 0.544. The van der Waals surface area contributed by atoms with Crippen molar-refractivity contribution in [2.24, 2.45) is 5.92 Å². The Labute approximate surface area is 98.6 Å². The summed E-state index contributed by atoms with van der Waals surface area (Å²) in [7, 11) is 0. The molecule has 16 heavy (non-hydrogen) atoms. The highest BCUT2D eigenvalue weighted by Crippen LogP contribution is 2.42. The highest BCUT2D eigenvalue weighted by atomic mass is 16.5. The number of nitrogens with one attached hydrogen (secondary N) is 1. The van der Waals surface area contributed by atoms with Gasteiger partial charge in [0.05, 0.1) is 11.7 Å². The Morgan fingerprint density at radius 3 is 2.75 bits per heavy atom. The van der Waals surface area contributed by atoms with Crippen molar-refractivity contribution in [1.29, 1.82) is 0 Å². The van der Waals surface area contributed by atoms with Gasteiger partial charge in [-0.25, -0.2) is 0 Å². The van der Waals surface area contributed by atoms with Gasteiger partial charge in [0.15, 0.2) is 0 Å². The fourth-order valence-corrected chi connectivity index (χ4v) is 2.64. The van der Waals surface area contributed by atoms with E-state index in [4.69, 9.17) is 4.74 Å². The number of rotatable bonds is 4. The van der Waals surface area contributed by atoms with Crippen molar-refractivity contribution in [2.45, 2.75) is 63.7 Å². The predicted molar refractivity (Wildman–Crippen MR) is 64.4 cm³/mol. The van der Waals surface area contributed by atoms with Gasteiger partial charge in [0.2, 0.25) is 0 Å². The van der Waals surface area contributed by atoms with Gasteiger partial charge < -0.3 is 15.2 Å². The SMILES string of the molecule is CC(C)C(O)CNC1CCOC2(CCC2)C1. The zero-order valence-corrected chi connectivity index (χ0v) is 10.5. The standard InChI is InChI=1S/C13H25NO2/c1-10(2)12(15)9-14-11-4-7-16-13(8-11)5-3-6-13/h10-12,14-15H,3-9H2,1-2H3. The molecule has 94 valence electrons. The van der Waals surface area contributed by atoms with Crippen LogP contribution in [0.15, 0.2) is 0 Å². The molecule has 0 radical (unpaired) electrons. The van der Waals surface area contributed by atoms with E-state index >= 15 is 0 Å². The van der Waals surface area contributed by atoms with Gasteiger partial charge in [-0.1, -0.05) is 13.8 Å². The van der Waals surface area contributed by atoms with Crippen molar-refractivity contribution in [1.82, 2.24) is 5.32 Å². The second kappa shape index (κ2) is 5.03. The molecule has 3 heteroatoms. The van der Waals surface area contributed by atoms with Gasteiger partial charge in [-0.05, 0) is 38.0 Å². The van der Waals surface area contributed by atoms with E-state index in [9.17, 15) is 5.11 Å². The smallest absolute Gasteiger partial charge is 0.0697 e. The van der Waals surface area contributed by atoms with E-state index in [-0.39, 0.29) is 11.7 Å². The fraction of sp³-hybridized carbons (Fsp3) is 1.00. The molecule has 2 N–H and O–H groups in total. The Morgan fingerprint density at radius 2 is 2.19 bits per heavy atom. The molecular formula is C13H25NO2. The van der Waals surface area contributed by atoms with E-state index in [0.717, 1.165) is 26.0 Å². The molecule has 3 nitrogen and oxygen atoms in total. The average Bonchev–Trinajstić information content (AvgIpc) is 2.24. The molecule has 1 heterocycles. The lowest BCUT2D eigenvalue weighted by molar-refractivity contribution is -0.136. The van der Waals surface area contributed by atoms with E-state index in [2.05, 4.69) is 19.2 Å². The lowest BCUT2D eigenvalue weighted by Gasteiger charge is -2.47. The van der Waals surface area contributed by atoms with Crippen LogP contribution >= 0.6 is 0 Å². The van der Waals surface area contributed by atoms with Crippen LogP contribution in [0.2, 0.25) is 0 Å². The van der Waals surface area contributed by atoms with Crippen LogP contribution in [0.4, 0.5) is 0 Å². The number of aliphatic hydroxyl groups is 1. The Morgan fingerprint density at radius 1 is 1.44 bits per heavy atom. The van der Waals surface area contributed by atoms with E-state index < -0.39 is 0 Å². The zero-order valence-electron chi connectivity index (χ0n) is 10.5. The van der Waals surface area contributed by atoms with Crippen molar-refractivity contribution in [2.75, 3.05) is 13.2 Å². The summed E-state index contributed by atoms with van der Waals surface area (Å²) in [5.74, 6) is 0.338. The van der Waals surface area contributed by atoms with E-state index in [1.807, 2.05) is 0 Å². The molecule has 2 aliphatic rings. The molecule has 1 saturated heterocycles. The second-order valence-corrected chi connectivity index (χ2v) is 5.79. The highest BCUT2D eigenvalue weighted by molar-refractivity contribution is 4.96. The second-order valence-electron chi connectivity index (χ2n) is 5.79. The predicted octanol–water partition coefficient (Wildman–Crippen LogP) is 1.69. The summed E-state index contributed by atoms with van der Waals surface area (Å²) >= 11 is 0. The number of ether oxygens (including phenoxy) is 1. The Bertz CT molecular complexity index is 226. The molecule has 1 saturated carbocycles. The zero-order chi connectivity index (χ0) is 11.6. The monoisotopic (exact) mass is 227 g/mol. The van der Waals surface area contributed by atoms with Crippen molar-refractivity contribution in [3.05, 3.63) is 0 Å². The molecule has 0 aromatic heterocycles. The quantitative estimate of drug-likeness (QED) is 0.768. The Balaban J connectivity index is 1.73. The van der Waals surface area contributed by atoms with Crippen LogP contribution in [0.3, 0.4) is 0 Å². The topological polar surface area (TPSA) is 41.5 Å². The third-order valence-electron chi connectivity index (χ3n) is 4.14. The average molecular weight is 227 g/mol. The van der Waals surface area contributed by atoms with Crippen molar-refractivity contribution in [3.8, 4) is 0 Å². The van der Waals surface area contributed by atoms with Gasteiger partial charge in [-0.2, -0.15) is 0 Å². The first-order valence-electron chi connectivity index (χ1n) is 6.67. The minimum Gasteiger partial charge on any atom is -0.392 e. The first kappa shape index (κ1) is 12.3. The summed E-state index contributed by atoms with van der Waals surface area (Å²) in [5, 5.41) is 13.3. The Kier molecular flexibility index (Phi) is 3.88. The molecule has 0 aromatic rings. The maximum atomic E-state index is 9.76. The van der Waals surface area contributed by atoms with Crippen LogP contribution in [0.5, 0.6) is 0 Å². The molecule has 2 rings (SSSR count). The van der Waals surface area contributed by atoms with Gasteiger partial charge in [0.25, 0.3) is 0 Å². The molecular weight excluding hydrogens is 202 g/mol. The maximum Gasteiger partial charge on any atom is 0.0697 e. The largest absolute Gasteiger partial charge is 0.392 e. The van der Waals surface area contributed by atoms with Crippen LogP contribution in [0, 0.1) is 5.92 Å². The molecule has 1 aliphatic carbocycles. The third-order valence-corrected chi connectivity index (χ3v) is 4.14. The van der Waals surface area contributed by atoms with E-state index in [0.29, 0.717) is 12.0 Å². The number of hydrogen-bond acceptors (Lipinski definition) is 3. The molecule has 0 aromatic carbocycles. The first-order chi connectivity index (χ1) is 7.61. The molecule has 2 unspecified atom stereocenters. The number of aliphatic hydroxyl groups excluding tert-OH is 1. The highest BCUT2D eigenvalue weighted by Gasteiger charge is 2.42. The normalized spacial score (nSPS) is 30.4. The first-order valence-corrected chi connectivity index (χ1v) is 6.67. The van der Waals surface area contributed by atoms with Gasteiger partial charge in [0, 0.05) is 19.2 Å². The fourth-order valence-electron chi connectivity index (χ4n) is 2.64. The minimum absolute atomic E-state index is 0.207. The maximum absolute atomic E-state index is 9.76. The van der Waals surface area contributed by atoms with Crippen molar-refractivity contribution < 1.29 is 9.84 Å². The minimum atomic E-state index is -0.222. The molecule has 1 aliphatic heterocycles. The van der Waals surface area contributed by atoms with Crippen LogP contribution in [-0.2, 0) is 4.74 Å². The van der Waals surface area contributed by atoms with Crippen molar-refractivity contribution >= 4 is 0 Å². The summed E-state index contributed by atoms with van der Waals surface area (Å²) < 4.78 is 5.88.